The van der Waals surface area contributed by atoms with Crippen molar-refractivity contribution in [1.29, 1.82) is 0 Å². The van der Waals surface area contributed by atoms with Gasteiger partial charge in [-0.15, -0.1) is 0 Å². The van der Waals surface area contributed by atoms with Crippen LogP contribution in [0.3, 0.4) is 0 Å². The zero-order valence-corrected chi connectivity index (χ0v) is 19.6. The number of hydrogen-bond donors (Lipinski definition) is 0. The molecule has 0 unspecified atom stereocenters. The maximum atomic E-state index is 13.9. The van der Waals surface area contributed by atoms with Gasteiger partial charge in [0.1, 0.15) is 6.04 Å². The van der Waals surface area contributed by atoms with Crippen molar-refractivity contribution in [3.8, 4) is 0 Å². The predicted octanol–water partition coefficient (Wildman–Crippen LogP) is 4.65. The Morgan fingerprint density at radius 3 is 2.29 bits per heavy atom. The van der Waals surface area contributed by atoms with Crippen molar-refractivity contribution in [2.75, 3.05) is 11.4 Å². The lowest BCUT2D eigenvalue weighted by molar-refractivity contribution is -0.140. The molecule has 0 saturated carbocycles. The van der Waals surface area contributed by atoms with E-state index in [9.17, 15) is 14.4 Å². The van der Waals surface area contributed by atoms with Crippen molar-refractivity contribution in [3.63, 3.8) is 0 Å². The molecule has 4 atom stereocenters. The Morgan fingerprint density at radius 1 is 0.829 bits per heavy atom. The molecule has 2 saturated heterocycles. The summed E-state index contributed by atoms with van der Waals surface area (Å²) in [5, 5.41) is 0.536. The van der Waals surface area contributed by atoms with Gasteiger partial charge >= 0.3 is 0 Å². The predicted molar refractivity (Wildman–Crippen MR) is 135 cm³/mol. The van der Waals surface area contributed by atoms with Crippen LogP contribution in [0.15, 0.2) is 84.9 Å². The molecule has 0 aromatic heterocycles. The summed E-state index contributed by atoms with van der Waals surface area (Å²) in [6.07, 6.45) is 4.55. The number of carbonyl (C=O) groups is 3. The van der Waals surface area contributed by atoms with Crippen LogP contribution < -0.4 is 4.90 Å². The highest BCUT2D eigenvalue weighted by Crippen LogP contribution is 2.49. The Kier molecular flexibility index (Phi) is 5.30. The minimum absolute atomic E-state index is 0.171. The van der Waals surface area contributed by atoms with Gasteiger partial charge in [-0.25, -0.2) is 0 Å². The van der Waals surface area contributed by atoms with Gasteiger partial charge in [0.25, 0.3) is 0 Å². The summed E-state index contributed by atoms with van der Waals surface area (Å²) in [6, 6.07) is 23.2. The third kappa shape index (κ3) is 3.50. The van der Waals surface area contributed by atoms with Gasteiger partial charge in [0.15, 0.2) is 5.78 Å². The number of hydrogen-bond acceptors (Lipinski definition) is 4. The number of imide groups is 1. The van der Waals surface area contributed by atoms with Crippen LogP contribution in [0.5, 0.6) is 0 Å². The number of ketones is 1. The topological polar surface area (TPSA) is 57.7 Å². The highest BCUT2D eigenvalue weighted by molar-refractivity contribution is 6.30. The lowest BCUT2D eigenvalue weighted by atomic mass is 9.86. The van der Waals surface area contributed by atoms with Gasteiger partial charge in [0, 0.05) is 22.8 Å². The van der Waals surface area contributed by atoms with Crippen LogP contribution in [0, 0.1) is 11.8 Å². The number of amides is 2. The van der Waals surface area contributed by atoms with Gasteiger partial charge in [-0.3, -0.25) is 19.3 Å². The molecule has 3 aliphatic rings. The molecule has 0 aliphatic carbocycles. The van der Waals surface area contributed by atoms with E-state index < -0.39 is 17.9 Å². The third-order valence-corrected chi connectivity index (χ3v) is 7.62. The number of benzene rings is 3. The highest BCUT2D eigenvalue weighted by atomic mass is 35.5. The van der Waals surface area contributed by atoms with Crippen LogP contribution in [-0.4, -0.2) is 41.1 Å². The Bertz CT molecular complexity index is 1350. The van der Waals surface area contributed by atoms with Crippen molar-refractivity contribution >= 4 is 41.0 Å². The number of Topliss-reactive ketones (excluding diaryl/α,β-unsaturated/α-hetero) is 1. The maximum Gasteiger partial charge on any atom is 0.235 e. The molecule has 0 spiro atoms. The van der Waals surface area contributed by atoms with Crippen molar-refractivity contribution in [3.05, 3.63) is 107 Å². The minimum Gasteiger partial charge on any atom is -0.352 e. The molecule has 174 valence electrons. The molecule has 2 amide bonds. The summed E-state index contributed by atoms with van der Waals surface area (Å²) in [6.45, 7) is 0.309. The van der Waals surface area contributed by atoms with Gasteiger partial charge < -0.3 is 4.90 Å². The quantitative estimate of drug-likeness (QED) is 0.392. The zero-order valence-electron chi connectivity index (χ0n) is 18.9. The maximum absolute atomic E-state index is 13.9. The average molecular weight is 483 g/mol. The second-order valence-electron chi connectivity index (χ2n) is 9.25. The van der Waals surface area contributed by atoms with Crippen molar-refractivity contribution in [2.24, 2.45) is 11.8 Å². The number of carbonyl (C=O) groups excluding carboxylic acids is 3. The molecule has 6 rings (SSSR count). The van der Waals surface area contributed by atoms with E-state index >= 15 is 0 Å². The van der Waals surface area contributed by atoms with Crippen LogP contribution in [0.2, 0.25) is 5.02 Å². The van der Waals surface area contributed by atoms with Crippen molar-refractivity contribution < 1.29 is 14.4 Å². The second-order valence-corrected chi connectivity index (χ2v) is 9.68. The second kappa shape index (κ2) is 8.51. The lowest BCUT2D eigenvalue weighted by Crippen LogP contribution is -2.49. The van der Waals surface area contributed by atoms with Crippen molar-refractivity contribution in [2.45, 2.75) is 18.5 Å². The smallest absolute Gasteiger partial charge is 0.235 e. The fraction of sp³-hybridized carbons (Fsp3) is 0.207. The van der Waals surface area contributed by atoms with Crippen molar-refractivity contribution in [1.82, 2.24) is 4.90 Å². The molecule has 0 radical (unpaired) electrons. The van der Waals surface area contributed by atoms with E-state index in [0.717, 1.165) is 16.8 Å². The Hall–Kier alpha value is -3.70. The summed E-state index contributed by atoms with van der Waals surface area (Å²) in [7, 11) is 0. The molecule has 35 heavy (non-hydrogen) atoms. The minimum atomic E-state index is -0.768. The molecular formula is C29H23ClN2O3. The average Bonchev–Trinajstić information content (AvgIpc) is 3.36. The van der Waals surface area contributed by atoms with Gasteiger partial charge in [0.2, 0.25) is 11.8 Å². The summed E-state index contributed by atoms with van der Waals surface area (Å²) in [5.74, 6) is -1.95. The van der Waals surface area contributed by atoms with Crippen LogP contribution in [0.4, 0.5) is 5.69 Å². The number of nitrogens with zero attached hydrogens (tertiary/aromatic N) is 2. The fourth-order valence-electron chi connectivity index (χ4n) is 5.77. The SMILES string of the molecule is O=C(c1ccc(Cl)cc1)[C@@H]1[C@@H]2C(=O)N(CCc3ccccc3)C(=O)[C@@H]2[C@H]2C=Cc3ccccc3N21. The number of likely N-dealkylation sites (tertiary alicyclic amines) is 1. The molecule has 5 nitrogen and oxygen atoms in total. The first kappa shape index (κ1) is 21.8. The van der Waals surface area contributed by atoms with E-state index in [1.807, 2.05) is 71.6 Å². The van der Waals surface area contributed by atoms with E-state index in [-0.39, 0.29) is 23.6 Å². The van der Waals surface area contributed by atoms with Gasteiger partial charge in [-0.05, 0) is 47.9 Å². The first-order valence-electron chi connectivity index (χ1n) is 11.8. The Morgan fingerprint density at radius 2 is 1.51 bits per heavy atom. The molecule has 0 N–H and O–H groups in total. The van der Waals surface area contributed by atoms with E-state index in [1.54, 1.807) is 24.3 Å². The normalized spacial score (nSPS) is 24.4. The number of fused-ring (bicyclic) bond motifs is 5. The van der Waals surface area contributed by atoms with E-state index in [0.29, 0.717) is 23.6 Å². The number of anilines is 1. The summed E-state index contributed by atoms with van der Waals surface area (Å²) >= 11 is 6.05. The summed E-state index contributed by atoms with van der Waals surface area (Å²) in [4.78, 5) is 44.7. The number of halogens is 1. The van der Waals surface area contributed by atoms with Crippen LogP contribution >= 0.6 is 11.6 Å². The molecular weight excluding hydrogens is 460 g/mol. The Labute approximate surface area is 208 Å². The van der Waals surface area contributed by atoms with Crippen LogP contribution in [0.25, 0.3) is 6.08 Å². The molecule has 2 fully saturated rings. The Balaban J connectivity index is 1.39. The molecule has 3 aromatic carbocycles. The number of para-hydroxylation sites is 1. The van der Waals surface area contributed by atoms with Gasteiger partial charge in [-0.1, -0.05) is 72.3 Å². The van der Waals surface area contributed by atoms with Crippen LogP contribution in [-0.2, 0) is 16.0 Å². The molecule has 6 heteroatoms. The largest absolute Gasteiger partial charge is 0.352 e. The highest BCUT2D eigenvalue weighted by Gasteiger charge is 2.63. The molecule has 3 aromatic rings. The van der Waals surface area contributed by atoms with Gasteiger partial charge in [-0.2, -0.15) is 0 Å². The standard InChI is InChI=1S/C29H23ClN2O3/c30-21-13-10-20(11-14-21)27(33)26-25-24(23-15-12-19-8-4-5-9-22(19)32(23)26)28(34)31(29(25)35)17-16-18-6-2-1-3-7-18/h1-15,23-26H,16-17H2/t23-,24-,25-,26+/m1/s1. The number of rotatable bonds is 5. The third-order valence-electron chi connectivity index (χ3n) is 7.37. The van der Waals surface area contributed by atoms with E-state index in [4.69, 9.17) is 11.6 Å². The summed E-state index contributed by atoms with van der Waals surface area (Å²) < 4.78 is 0. The van der Waals surface area contributed by atoms with Gasteiger partial charge in [0.05, 0.1) is 17.9 Å². The molecule has 3 heterocycles. The molecule has 0 bridgehead atoms. The van der Waals surface area contributed by atoms with E-state index in [2.05, 4.69) is 0 Å². The lowest BCUT2D eigenvalue weighted by Gasteiger charge is -2.36. The first-order chi connectivity index (χ1) is 17.0. The first-order valence-corrected chi connectivity index (χ1v) is 12.2. The summed E-state index contributed by atoms with van der Waals surface area (Å²) in [5.41, 5.74) is 3.39. The fourth-order valence-corrected chi connectivity index (χ4v) is 5.89. The van der Waals surface area contributed by atoms with E-state index in [1.165, 1.54) is 4.90 Å². The zero-order chi connectivity index (χ0) is 24.1. The monoisotopic (exact) mass is 482 g/mol. The molecule has 3 aliphatic heterocycles. The van der Waals surface area contributed by atoms with Crippen LogP contribution in [0.1, 0.15) is 21.5 Å².